The van der Waals surface area contributed by atoms with Gasteiger partial charge in [-0.15, -0.1) is 0 Å². The third-order valence-electron chi connectivity index (χ3n) is 4.62. The highest BCUT2D eigenvalue weighted by atomic mass is 32.2. The van der Waals surface area contributed by atoms with E-state index in [0.29, 0.717) is 17.9 Å². The molecule has 1 fully saturated rings. The maximum atomic E-state index is 12.7. The summed E-state index contributed by atoms with van der Waals surface area (Å²) in [7, 11) is -0.831. The Bertz CT molecular complexity index is 712. The number of carbonyl (C=O) groups is 1. The van der Waals surface area contributed by atoms with E-state index in [1.165, 1.54) is 0 Å². The van der Waals surface area contributed by atoms with Crippen LogP contribution in [-0.4, -0.2) is 38.6 Å². The van der Waals surface area contributed by atoms with Crippen LogP contribution in [0.2, 0.25) is 0 Å². The minimum absolute atomic E-state index is 0.00545. The van der Waals surface area contributed by atoms with Crippen molar-refractivity contribution in [3.05, 3.63) is 60.2 Å². The van der Waals surface area contributed by atoms with E-state index in [1.54, 1.807) is 0 Å². The fraction of sp³-hybridized carbons (Fsp3) is 0.316. The van der Waals surface area contributed by atoms with Gasteiger partial charge in [0.05, 0.1) is 5.25 Å². The second kappa shape index (κ2) is 6.67. The van der Waals surface area contributed by atoms with E-state index in [4.69, 9.17) is 0 Å². The summed E-state index contributed by atoms with van der Waals surface area (Å²) in [6, 6.07) is 17.9. The summed E-state index contributed by atoms with van der Waals surface area (Å²) in [4.78, 5) is 14.6. The Morgan fingerprint density at radius 3 is 2.26 bits per heavy atom. The van der Waals surface area contributed by atoms with E-state index in [1.807, 2.05) is 61.2 Å². The van der Waals surface area contributed by atoms with Crippen LogP contribution in [0.3, 0.4) is 0 Å². The van der Waals surface area contributed by atoms with Crippen molar-refractivity contribution in [2.24, 2.45) is 0 Å². The van der Waals surface area contributed by atoms with E-state index < -0.39 is 10.8 Å². The number of nitrogens with zero attached hydrogens (tertiary/aromatic N) is 1. The molecule has 0 aliphatic carbocycles. The second-order valence-electron chi connectivity index (χ2n) is 5.97. The fourth-order valence-electron chi connectivity index (χ4n) is 2.94. The molecule has 1 aliphatic heterocycles. The van der Waals surface area contributed by atoms with Crippen molar-refractivity contribution in [3.63, 3.8) is 0 Å². The number of hydrogen-bond acceptors (Lipinski definition) is 2. The van der Waals surface area contributed by atoms with Gasteiger partial charge in [0.25, 0.3) is 5.91 Å². The molecule has 3 atom stereocenters. The van der Waals surface area contributed by atoms with Gasteiger partial charge in [0.2, 0.25) is 0 Å². The van der Waals surface area contributed by atoms with E-state index in [0.717, 1.165) is 11.1 Å². The summed E-state index contributed by atoms with van der Waals surface area (Å²) in [5.74, 6) is 0.597. The summed E-state index contributed by atoms with van der Waals surface area (Å²) in [5, 5.41) is 0.0243. The molecule has 0 N–H and O–H groups in total. The SMILES string of the molecule is C[C@@H]1[C@@H](C)[S@](=O)CCN1C(=O)c1ccc(-c2ccccc2)cc1. The predicted molar refractivity (Wildman–Crippen MR) is 94.8 cm³/mol. The van der Waals surface area contributed by atoms with Crippen LogP contribution < -0.4 is 0 Å². The molecule has 3 nitrogen and oxygen atoms in total. The monoisotopic (exact) mass is 327 g/mol. The Balaban J connectivity index is 1.79. The topological polar surface area (TPSA) is 37.4 Å². The molecule has 0 aromatic heterocycles. The van der Waals surface area contributed by atoms with Gasteiger partial charge in [0, 0.05) is 34.7 Å². The van der Waals surface area contributed by atoms with Crippen molar-refractivity contribution in [1.29, 1.82) is 0 Å². The molecule has 120 valence electrons. The van der Waals surface area contributed by atoms with Gasteiger partial charge in [-0.1, -0.05) is 42.5 Å². The van der Waals surface area contributed by atoms with Gasteiger partial charge in [0.1, 0.15) is 0 Å². The largest absolute Gasteiger partial charge is 0.334 e. The van der Waals surface area contributed by atoms with E-state index in [2.05, 4.69) is 12.1 Å². The number of amides is 1. The first-order chi connectivity index (χ1) is 11.1. The van der Waals surface area contributed by atoms with Gasteiger partial charge in [0.15, 0.2) is 0 Å². The summed E-state index contributed by atoms with van der Waals surface area (Å²) in [6.07, 6.45) is 0. The van der Waals surface area contributed by atoms with Gasteiger partial charge < -0.3 is 4.90 Å². The van der Waals surface area contributed by atoms with Gasteiger partial charge in [-0.05, 0) is 37.1 Å². The molecule has 0 radical (unpaired) electrons. The lowest BCUT2D eigenvalue weighted by Crippen LogP contribution is -2.52. The molecule has 0 unspecified atom stereocenters. The highest BCUT2D eigenvalue weighted by Crippen LogP contribution is 2.22. The molecule has 0 bridgehead atoms. The maximum Gasteiger partial charge on any atom is 0.254 e. The van der Waals surface area contributed by atoms with Gasteiger partial charge in [-0.25, -0.2) is 0 Å². The molecule has 2 aromatic carbocycles. The number of benzene rings is 2. The van der Waals surface area contributed by atoms with Gasteiger partial charge >= 0.3 is 0 Å². The number of carbonyl (C=O) groups excluding carboxylic acids is 1. The van der Waals surface area contributed by atoms with E-state index in [9.17, 15) is 9.00 Å². The predicted octanol–water partition coefficient (Wildman–Crippen LogP) is 3.34. The first-order valence-corrected chi connectivity index (χ1v) is 9.30. The van der Waals surface area contributed by atoms with Crippen LogP contribution in [0, 0.1) is 0 Å². The third-order valence-corrected chi connectivity index (χ3v) is 6.43. The maximum absolute atomic E-state index is 12.7. The first-order valence-electron chi connectivity index (χ1n) is 7.91. The normalized spacial score (nSPS) is 24.4. The van der Waals surface area contributed by atoms with Crippen LogP contribution in [0.5, 0.6) is 0 Å². The Hall–Kier alpha value is -1.94. The van der Waals surface area contributed by atoms with Crippen LogP contribution >= 0.6 is 0 Å². The highest BCUT2D eigenvalue weighted by molar-refractivity contribution is 7.85. The molecule has 1 aliphatic rings. The standard InChI is InChI=1S/C19H21NO2S/c1-14-15(2)23(22)13-12-20(14)19(21)18-10-8-17(9-11-18)16-6-4-3-5-7-16/h3-11,14-15H,12-13H2,1-2H3/t14-,15-,23-/m1/s1. The second-order valence-corrected chi connectivity index (χ2v) is 7.89. The summed E-state index contributed by atoms with van der Waals surface area (Å²) >= 11 is 0. The highest BCUT2D eigenvalue weighted by Gasteiger charge is 2.33. The molecule has 0 spiro atoms. The average Bonchev–Trinajstić information content (AvgIpc) is 2.60. The zero-order valence-electron chi connectivity index (χ0n) is 13.4. The average molecular weight is 327 g/mol. The quantitative estimate of drug-likeness (QED) is 0.848. The Morgan fingerprint density at radius 2 is 1.61 bits per heavy atom. The lowest BCUT2D eigenvalue weighted by Gasteiger charge is -2.37. The van der Waals surface area contributed by atoms with Gasteiger partial charge in [-0.3, -0.25) is 9.00 Å². The number of rotatable bonds is 2. The third kappa shape index (κ3) is 3.22. The Kier molecular flexibility index (Phi) is 4.62. The first kappa shape index (κ1) is 15.9. The number of hydrogen-bond donors (Lipinski definition) is 0. The van der Waals surface area contributed by atoms with Crippen molar-refractivity contribution < 1.29 is 9.00 Å². The molecule has 1 saturated heterocycles. The molecule has 23 heavy (non-hydrogen) atoms. The zero-order valence-corrected chi connectivity index (χ0v) is 14.3. The molecule has 1 heterocycles. The van der Waals surface area contributed by atoms with Crippen molar-refractivity contribution in [3.8, 4) is 11.1 Å². The smallest absolute Gasteiger partial charge is 0.254 e. The van der Waals surface area contributed by atoms with Crippen molar-refractivity contribution in [2.75, 3.05) is 12.3 Å². The lowest BCUT2D eigenvalue weighted by atomic mass is 10.0. The minimum Gasteiger partial charge on any atom is -0.334 e. The minimum atomic E-state index is -0.831. The van der Waals surface area contributed by atoms with Crippen molar-refractivity contribution in [1.82, 2.24) is 4.90 Å². The molecule has 1 amide bonds. The fourth-order valence-corrected chi connectivity index (χ4v) is 4.27. The molecule has 2 aromatic rings. The van der Waals surface area contributed by atoms with Crippen LogP contribution in [0.1, 0.15) is 24.2 Å². The summed E-state index contributed by atoms with van der Waals surface area (Å²) in [6.45, 7) is 4.51. The van der Waals surface area contributed by atoms with Crippen LogP contribution in [-0.2, 0) is 10.8 Å². The zero-order chi connectivity index (χ0) is 16.4. The molecule has 0 saturated carbocycles. The van der Waals surface area contributed by atoms with Crippen molar-refractivity contribution >= 4 is 16.7 Å². The lowest BCUT2D eigenvalue weighted by molar-refractivity contribution is 0.0695. The molecular weight excluding hydrogens is 306 g/mol. The van der Waals surface area contributed by atoms with Crippen molar-refractivity contribution in [2.45, 2.75) is 25.1 Å². The molecular formula is C19H21NO2S. The Morgan fingerprint density at radius 1 is 1.00 bits per heavy atom. The molecule has 3 rings (SSSR count). The summed E-state index contributed by atoms with van der Waals surface area (Å²) < 4.78 is 11.9. The van der Waals surface area contributed by atoms with E-state index >= 15 is 0 Å². The summed E-state index contributed by atoms with van der Waals surface area (Å²) in [5.41, 5.74) is 2.93. The van der Waals surface area contributed by atoms with Crippen LogP contribution in [0.4, 0.5) is 0 Å². The van der Waals surface area contributed by atoms with Crippen LogP contribution in [0.25, 0.3) is 11.1 Å². The van der Waals surface area contributed by atoms with E-state index in [-0.39, 0.29) is 17.2 Å². The Labute approximate surface area is 139 Å². The molecule has 4 heteroatoms. The van der Waals surface area contributed by atoms with Crippen LogP contribution in [0.15, 0.2) is 54.6 Å². The van der Waals surface area contributed by atoms with Gasteiger partial charge in [-0.2, -0.15) is 0 Å².